The summed E-state index contributed by atoms with van der Waals surface area (Å²) in [4.78, 5) is 8.21. The predicted octanol–water partition coefficient (Wildman–Crippen LogP) is 2.53. The Morgan fingerprint density at radius 1 is 1.42 bits per heavy atom. The Hall–Kier alpha value is -0.570. The molecular weight excluding hydrogens is 168 g/mol. The minimum atomic E-state index is 0.713. The van der Waals surface area contributed by atoms with Crippen molar-refractivity contribution >= 4 is 11.8 Å². The average molecular weight is 182 g/mol. The summed E-state index contributed by atoms with van der Waals surface area (Å²) in [5.74, 6) is 1.83. The van der Waals surface area contributed by atoms with Crippen LogP contribution >= 0.6 is 11.8 Å². The van der Waals surface area contributed by atoms with E-state index in [4.69, 9.17) is 0 Å². The van der Waals surface area contributed by atoms with Crippen LogP contribution in [0.1, 0.15) is 19.5 Å². The summed E-state index contributed by atoms with van der Waals surface area (Å²) in [6, 6.07) is 2.02. The highest BCUT2D eigenvalue weighted by atomic mass is 32.2. The van der Waals surface area contributed by atoms with Gasteiger partial charge < -0.3 is 0 Å². The fourth-order valence-electron chi connectivity index (χ4n) is 0.761. The van der Waals surface area contributed by atoms with Crippen molar-refractivity contribution in [2.75, 3.05) is 5.75 Å². The first-order valence-electron chi connectivity index (χ1n) is 4.10. The van der Waals surface area contributed by atoms with Gasteiger partial charge in [-0.1, -0.05) is 13.8 Å². The lowest BCUT2D eigenvalue weighted by Gasteiger charge is -2.03. The lowest BCUT2D eigenvalue weighted by atomic mass is 10.3. The first kappa shape index (κ1) is 9.52. The van der Waals surface area contributed by atoms with Crippen molar-refractivity contribution in [3.8, 4) is 0 Å². The molecule has 0 atom stereocenters. The van der Waals surface area contributed by atoms with Crippen LogP contribution in [-0.4, -0.2) is 15.7 Å². The van der Waals surface area contributed by atoms with Gasteiger partial charge in [-0.15, -0.1) is 11.8 Å². The molecule has 66 valence electrons. The fourth-order valence-corrected chi connectivity index (χ4v) is 1.64. The molecule has 0 amide bonds. The number of rotatable bonds is 3. The molecule has 0 aliphatic heterocycles. The summed E-state index contributed by atoms with van der Waals surface area (Å²) in [6.45, 7) is 6.41. The maximum Gasteiger partial charge on any atom is 0.116 e. The number of hydrogen-bond donors (Lipinski definition) is 0. The molecule has 0 spiro atoms. The van der Waals surface area contributed by atoms with Crippen molar-refractivity contribution in [1.29, 1.82) is 0 Å². The Balaban J connectivity index is 2.52. The lowest BCUT2D eigenvalue weighted by Crippen LogP contribution is -1.92. The van der Waals surface area contributed by atoms with E-state index >= 15 is 0 Å². The van der Waals surface area contributed by atoms with Crippen molar-refractivity contribution in [3.05, 3.63) is 18.1 Å². The van der Waals surface area contributed by atoms with E-state index in [1.807, 2.05) is 13.0 Å². The third kappa shape index (κ3) is 3.22. The molecule has 0 saturated heterocycles. The predicted molar refractivity (Wildman–Crippen MR) is 52.3 cm³/mol. The second kappa shape index (κ2) is 4.45. The molecule has 1 aromatic rings. The second-order valence-corrected chi connectivity index (χ2v) is 4.24. The number of aromatic nitrogens is 2. The van der Waals surface area contributed by atoms with Crippen molar-refractivity contribution in [2.24, 2.45) is 5.92 Å². The fraction of sp³-hybridized carbons (Fsp3) is 0.556. The first-order chi connectivity index (χ1) is 5.68. The zero-order valence-corrected chi connectivity index (χ0v) is 8.56. The average Bonchev–Trinajstić information content (AvgIpc) is 2.01. The Bertz CT molecular complexity index is 248. The van der Waals surface area contributed by atoms with Gasteiger partial charge in [0.1, 0.15) is 6.33 Å². The van der Waals surface area contributed by atoms with Crippen LogP contribution in [0.4, 0.5) is 0 Å². The number of aryl methyl sites for hydroxylation is 1. The van der Waals surface area contributed by atoms with Gasteiger partial charge in [0.2, 0.25) is 0 Å². The van der Waals surface area contributed by atoms with Gasteiger partial charge in [0.25, 0.3) is 0 Å². The van der Waals surface area contributed by atoms with E-state index in [1.54, 1.807) is 18.1 Å². The molecule has 2 nitrogen and oxygen atoms in total. The van der Waals surface area contributed by atoms with Crippen LogP contribution in [0, 0.1) is 12.8 Å². The van der Waals surface area contributed by atoms with E-state index in [-0.39, 0.29) is 0 Å². The maximum absolute atomic E-state index is 4.16. The van der Waals surface area contributed by atoms with Gasteiger partial charge in [-0.25, -0.2) is 9.97 Å². The largest absolute Gasteiger partial charge is 0.242 e. The molecule has 0 N–H and O–H groups in total. The normalized spacial score (nSPS) is 10.7. The lowest BCUT2D eigenvalue weighted by molar-refractivity contribution is 0.749. The Labute approximate surface area is 77.8 Å². The SMILES string of the molecule is Cc1cc(SCC(C)C)ncn1. The number of nitrogens with zero attached hydrogens (tertiary/aromatic N) is 2. The van der Waals surface area contributed by atoms with E-state index in [1.165, 1.54) is 0 Å². The van der Waals surface area contributed by atoms with Crippen molar-refractivity contribution in [1.82, 2.24) is 9.97 Å². The van der Waals surface area contributed by atoms with E-state index in [0.29, 0.717) is 5.92 Å². The van der Waals surface area contributed by atoms with Crippen LogP contribution in [0.5, 0.6) is 0 Å². The summed E-state index contributed by atoms with van der Waals surface area (Å²) < 4.78 is 0. The molecule has 0 aliphatic rings. The molecule has 0 bridgehead atoms. The molecular formula is C9H14N2S. The zero-order valence-electron chi connectivity index (χ0n) is 7.74. The van der Waals surface area contributed by atoms with Crippen molar-refractivity contribution < 1.29 is 0 Å². The molecule has 0 radical (unpaired) electrons. The molecule has 0 aliphatic carbocycles. The number of hydrogen-bond acceptors (Lipinski definition) is 3. The first-order valence-corrected chi connectivity index (χ1v) is 5.08. The molecule has 0 unspecified atom stereocenters. The quantitative estimate of drug-likeness (QED) is 0.530. The van der Waals surface area contributed by atoms with Crippen molar-refractivity contribution in [2.45, 2.75) is 25.8 Å². The van der Waals surface area contributed by atoms with Crippen LogP contribution in [0.15, 0.2) is 17.4 Å². The third-order valence-electron chi connectivity index (χ3n) is 1.34. The van der Waals surface area contributed by atoms with Gasteiger partial charge in [0.05, 0.1) is 5.03 Å². The molecule has 3 heteroatoms. The molecule has 1 rings (SSSR count). The summed E-state index contributed by atoms with van der Waals surface area (Å²) in [5, 5.41) is 1.08. The molecule has 12 heavy (non-hydrogen) atoms. The molecule has 1 aromatic heterocycles. The van der Waals surface area contributed by atoms with Crippen LogP contribution < -0.4 is 0 Å². The highest BCUT2D eigenvalue weighted by Gasteiger charge is 1.98. The Morgan fingerprint density at radius 3 is 2.75 bits per heavy atom. The molecule has 1 heterocycles. The van der Waals surface area contributed by atoms with Crippen molar-refractivity contribution in [3.63, 3.8) is 0 Å². The van der Waals surface area contributed by atoms with Gasteiger partial charge >= 0.3 is 0 Å². The summed E-state index contributed by atoms with van der Waals surface area (Å²) in [7, 11) is 0. The monoisotopic (exact) mass is 182 g/mol. The third-order valence-corrected chi connectivity index (χ3v) is 2.70. The summed E-state index contributed by atoms with van der Waals surface area (Å²) >= 11 is 1.79. The maximum atomic E-state index is 4.16. The smallest absolute Gasteiger partial charge is 0.116 e. The van der Waals surface area contributed by atoms with Gasteiger partial charge in [0.15, 0.2) is 0 Å². The highest BCUT2D eigenvalue weighted by molar-refractivity contribution is 7.99. The minimum Gasteiger partial charge on any atom is -0.242 e. The standard InChI is InChI=1S/C9H14N2S/c1-7(2)5-12-9-4-8(3)10-6-11-9/h4,6-7H,5H2,1-3H3. The minimum absolute atomic E-state index is 0.713. The van der Waals surface area contributed by atoms with Crippen LogP contribution in [0.3, 0.4) is 0 Å². The second-order valence-electron chi connectivity index (χ2n) is 3.20. The zero-order chi connectivity index (χ0) is 8.97. The summed E-state index contributed by atoms with van der Waals surface area (Å²) in [5.41, 5.74) is 1.04. The molecule has 0 saturated carbocycles. The van der Waals surface area contributed by atoms with Crippen LogP contribution in [-0.2, 0) is 0 Å². The highest BCUT2D eigenvalue weighted by Crippen LogP contribution is 2.17. The van der Waals surface area contributed by atoms with E-state index in [9.17, 15) is 0 Å². The van der Waals surface area contributed by atoms with Gasteiger partial charge in [-0.2, -0.15) is 0 Å². The Kier molecular flexibility index (Phi) is 3.53. The molecule has 0 fully saturated rings. The Morgan fingerprint density at radius 2 is 2.17 bits per heavy atom. The van der Waals surface area contributed by atoms with Crippen LogP contribution in [0.25, 0.3) is 0 Å². The van der Waals surface area contributed by atoms with Gasteiger partial charge in [-0.05, 0) is 18.9 Å². The van der Waals surface area contributed by atoms with E-state index < -0.39 is 0 Å². The van der Waals surface area contributed by atoms with E-state index in [2.05, 4.69) is 23.8 Å². The summed E-state index contributed by atoms with van der Waals surface area (Å²) in [6.07, 6.45) is 1.62. The topological polar surface area (TPSA) is 25.8 Å². The van der Waals surface area contributed by atoms with Crippen LogP contribution in [0.2, 0.25) is 0 Å². The van der Waals surface area contributed by atoms with Gasteiger partial charge in [0, 0.05) is 11.4 Å². The van der Waals surface area contributed by atoms with E-state index in [0.717, 1.165) is 16.5 Å². The van der Waals surface area contributed by atoms with Gasteiger partial charge in [-0.3, -0.25) is 0 Å². The molecule has 0 aromatic carbocycles. The number of thioether (sulfide) groups is 1.